The molecule has 3 nitrogen and oxygen atoms in total. The molecular formula is C20H31NO2. The molecule has 2 aliphatic rings. The lowest BCUT2D eigenvalue weighted by Gasteiger charge is -2.55. The highest BCUT2D eigenvalue weighted by Gasteiger charge is 2.49. The van der Waals surface area contributed by atoms with E-state index in [1.807, 2.05) is 19.1 Å². The normalized spacial score (nSPS) is 33.1. The molecule has 23 heavy (non-hydrogen) atoms. The van der Waals surface area contributed by atoms with Crippen LogP contribution < -0.4 is 0 Å². The van der Waals surface area contributed by atoms with Crippen molar-refractivity contribution in [1.82, 2.24) is 4.90 Å². The number of likely N-dealkylation sites (tertiary alicyclic amines) is 1. The maximum atomic E-state index is 10.5. The number of piperidine rings is 1. The molecular weight excluding hydrogens is 286 g/mol. The minimum atomic E-state index is -0.567. The van der Waals surface area contributed by atoms with E-state index in [0.717, 1.165) is 38.6 Å². The molecule has 1 saturated heterocycles. The highest BCUT2D eigenvalue weighted by atomic mass is 16.3. The smallest absolute Gasteiger partial charge is 0.115 e. The first-order chi connectivity index (χ1) is 10.8. The molecule has 2 N–H and O–H groups in total. The molecule has 3 rings (SSSR count). The summed E-state index contributed by atoms with van der Waals surface area (Å²) >= 11 is 0. The molecule has 3 heteroatoms. The molecule has 0 saturated carbocycles. The van der Waals surface area contributed by atoms with Gasteiger partial charge in [0.15, 0.2) is 0 Å². The first kappa shape index (κ1) is 16.8. The maximum absolute atomic E-state index is 10.5. The van der Waals surface area contributed by atoms with Gasteiger partial charge in [-0.1, -0.05) is 19.9 Å². The van der Waals surface area contributed by atoms with Crippen molar-refractivity contribution >= 4 is 0 Å². The Morgan fingerprint density at radius 3 is 2.83 bits per heavy atom. The van der Waals surface area contributed by atoms with Crippen LogP contribution in [0, 0.1) is 5.92 Å². The summed E-state index contributed by atoms with van der Waals surface area (Å²) < 4.78 is 0. The third kappa shape index (κ3) is 2.89. The van der Waals surface area contributed by atoms with E-state index in [-0.39, 0.29) is 5.41 Å². The highest BCUT2D eigenvalue weighted by molar-refractivity contribution is 5.44. The fraction of sp³-hybridized carbons (Fsp3) is 0.700. The Hall–Kier alpha value is -1.06. The van der Waals surface area contributed by atoms with Crippen LogP contribution in [0.4, 0.5) is 0 Å². The summed E-state index contributed by atoms with van der Waals surface area (Å²) in [4.78, 5) is 2.50. The SMILES string of the molecule is CCC(C)(O)CC[C@@H]1[C@H]2Cc3ccc(O)cc3[C@@]1(C)CCN2C. The molecule has 0 radical (unpaired) electrons. The van der Waals surface area contributed by atoms with Gasteiger partial charge >= 0.3 is 0 Å². The molecule has 128 valence electrons. The van der Waals surface area contributed by atoms with E-state index in [1.165, 1.54) is 11.1 Å². The molecule has 0 spiro atoms. The molecule has 1 aromatic rings. The number of phenols is 1. The van der Waals surface area contributed by atoms with Gasteiger partial charge in [0.2, 0.25) is 0 Å². The second-order valence-corrected chi connectivity index (χ2v) is 8.26. The van der Waals surface area contributed by atoms with E-state index >= 15 is 0 Å². The van der Waals surface area contributed by atoms with Gasteiger partial charge in [-0.3, -0.25) is 0 Å². The third-order valence-electron chi connectivity index (χ3n) is 6.73. The van der Waals surface area contributed by atoms with Gasteiger partial charge in [0.25, 0.3) is 0 Å². The monoisotopic (exact) mass is 317 g/mol. The van der Waals surface area contributed by atoms with Crippen LogP contribution in [0.5, 0.6) is 5.75 Å². The number of rotatable bonds is 4. The fourth-order valence-corrected chi connectivity index (χ4v) is 4.78. The van der Waals surface area contributed by atoms with Gasteiger partial charge in [0.1, 0.15) is 5.75 Å². The number of hydrogen-bond donors (Lipinski definition) is 2. The van der Waals surface area contributed by atoms with Gasteiger partial charge in [-0.2, -0.15) is 0 Å². The van der Waals surface area contributed by atoms with Gasteiger partial charge < -0.3 is 15.1 Å². The second kappa shape index (κ2) is 5.78. The summed E-state index contributed by atoms with van der Waals surface area (Å²) in [5, 5.41) is 20.4. The lowest BCUT2D eigenvalue weighted by molar-refractivity contribution is -0.000363. The molecule has 1 aromatic carbocycles. The molecule has 1 aliphatic carbocycles. The average Bonchev–Trinajstić information content (AvgIpc) is 2.51. The molecule has 0 amide bonds. The largest absolute Gasteiger partial charge is 0.508 e. The Morgan fingerprint density at radius 1 is 1.39 bits per heavy atom. The van der Waals surface area contributed by atoms with Gasteiger partial charge in [-0.05, 0) is 87.2 Å². The topological polar surface area (TPSA) is 43.7 Å². The number of phenolic OH excluding ortho intramolecular Hbond substituents is 1. The Labute approximate surface area is 140 Å². The zero-order chi connectivity index (χ0) is 16.8. The molecule has 1 unspecified atom stereocenters. The van der Waals surface area contributed by atoms with Crippen molar-refractivity contribution in [3.8, 4) is 5.75 Å². The van der Waals surface area contributed by atoms with Crippen molar-refractivity contribution in [3.63, 3.8) is 0 Å². The second-order valence-electron chi connectivity index (χ2n) is 8.26. The Morgan fingerprint density at radius 2 is 2.13 bits per heavy atom. The summed E-state index contributed by atoms with van der Waals surface area (Å²) in [7, 11) is 2.24. The zero-order valence-electron chi connectivity index (χ0n) is 15.0. The molecule has 4 atom stereocenters. The van der Waals surface area contributed by atoms with Crippen molar-refractivity contribution in [2.45, 2.75) is 69.9 Å². The predicted octanol–water partition coefficient (Wildman–Crippen LogP) is 3.47. The van der Waals surface area contributed by atoms with Gasteiger partial charge in [0.05, 0.1) is 5.60 Å². The highest BCUT2D eigenvalue weighted by Crippen LogP contribution is 2.51. The third-order valence-corrected chi connectivity index (χ3v) is 6.73. The first-order valence-corrected chi connectivity index (χ1v) is 9.02. The standard InChI is InChI=1S/C20H31NO2/c1-5-19(2,23)9-8-16-18-12-14-6-7-15(22)13-17(14)20(16,3)10-11-21(18)4/h6-7,13,16,18,22-23H,5,8-12H2,1-4H3/t16-,18-,19?,20+/m1/s1. The number of fused-ring (bicyclic) bond motifs is 4. The van der Waals surface area contributed by atoms with E-state index in [9.17, 15) is 10.2 Å². The van der Waals surface area contributed by atoms with E-state index in [2.05, 4.69) is 31.9 Å². The van der Waals surface area contributed by atoms with Crippen molar-refractivity contribution in [3.05, 3.63) is 29.3 Å². The molecule has 2 bridgehead atoms. The molecule has 1 heterocycles. The summed E-state index contributed by atoms with van der Waals surface area (Å²) in [5.41, 5.74) is 2.26. The Bertz CT molecular complexity index is 583. The lowest BCUT2D eigenvalue weighted by atomic mass is 9.57. The zero-order valence-corrected chi connectivity index (χ0v) is 15.0. The van der Waals surface area contributed by atoms with Crippen LogP contribution in [0.15, 0.2) is 18.2 Å². The van der Waals surface area contributed by atoms with Crippen molar-refractivity contribution in [1.29, 1.82) is 0 Å². The fourth-order valence-electron chi connectivity index (χ4n) is 4.78. The number of aliphatic hydroxyl groups is 1. The summed E-state index contributed by atoms with van der Waals surface area (Å²) in [6.45, 7) is 7.49. The van der Waals surface area contributed by atoms with Crippen LogP contribution >= 0.6 is 0 Å². The number of hydrogen-bond acceptors (Lipinski definition) is 3. The number of aromatic hydroxyl groups is 1. The lowest BCUT2D eigenvalue weighted by Crippen LogP contribution is -2.57. The molecule has 1 aliphatic heterocycles. The van der Waals surface area contributed by atoms with E-state index in [0.29, 0.717) is 17.7 Å². The quantitative estimate of drug-likeness (QED) is 0.894. The van der Waals surface area contributed by atoms with Crippen LogP contribution in [0.1, 0.15) is 57.6 Å². The van der Waals surface area contributed by atoms with Crippen molar-refractivity contribution in [2.24, 2.45) is 5.92 Å². The van der Waals surface area contributed by atoms with Gasteiger partial charge in [0, 0.05) is 6.04 Å². The van der Waals surface area contributed by atoms with Crippen LogP contribution in [0.3, 0.4) is 0 Å². The average molecular weight is 317 g/mol. The minimum Gasteiger partial charge on any atom is -0.508 e. The maximum Gasteiger partial charge on any atom is 0.115 e. The van der Waals surface area contributed by atoms with Crippen LogP contribution in [-0.4, -0.2) is 40.3 Å². The predicted molar refractivity (Wildman–Crippen MR) is 93.8 cm³/mol. The summed E-state index contributed by atoms with van der Waals surface area (Å²) in [5.74, 6) is 0.912. The van der Waals surface area contributed by atoms with Gasteiger partial charge in [-0.25, -0.2) is 0 Å². The Kier molecular flexibility index (Phi) is 4.22. The van der Waals surface area contributed by atoms with Crippen molar-refractivity contribution in [2.75, 3.05) is 13.6 Å². The molecule has 1 fully saturated rings. The number of benzene rings is 1. The van der Waals surface area contributed by atoms with Crippen LogP contribution in [-0.2, 0) is 11.8 Å². The van der Waals surface area contributed by atoms with Gasteiger partial charge in [-0.15, -0.1) is 0 Å². The van der Waals surface area contributed by atoms with E-state index in [4.69, 9.17) is 0 Å². The summed E-state index contributed by atoms with van der Waals surface area (Å²) in [6.07, 6.45) is 4.87. The van der Waals surface area contributed by atoms with E-state index in [1.54, 1.807) is 0 Å². The van der Waals surface area contributed by atoms with Crippen LogP contribution in [0.25, 0.3) is 0 Å². The minimum absolute atomic E-state index is 0.104. The first-order valence-electron chi connectivity index (χ1n) is 9.02. The van der Waals surface area contributed by atoms with E-state index < -0.39 is 5.60 Å². The number of likely N-dealkylation sites (N-methyl/N-ethyl adjacent to an activating group) is 1. The van der Waals surface area contributed by atoms with Crippen molar-refractivity contribution < 1.29 is 10.2 Å². The summed E-state index contributed by atoms with van der Waals surface area (Å²) in [6, 6.07) is 6.45. The molecule has 0 aromatic heterocycles. The Balaban J connectivity index is 1.95. The number of nitrogens with zero attached hydrogens (tertiary/aromatic N) is 1. The van der Waals surface area contributed by atoms with Crippen LogP contribution in [0.2, 0.25) is 0 Å².